The minimum atomic E-state index is -0.946. The van der Waals surface area contributed by atoms with Gasteiger partial charge in [0.15, 0.2) is 5.75 Å². The molecule has 76 valence electrons. The van der Waals surface area contributed by atoms with Crippen LogP contribution in [0, 0.1) is 10.1 Å². The number of nitro groups is 1. The highest BCUT2D eigenvalue weighted by Crippen LogP contribution is 2.32. The molecule has 1 N–H and O–H groups in total. The lowest BCUT2D eigenvalue weighted by molar-refractivity contribution is -0.385. The van der Waals surface area contributed by atoms with E-state index < -0.39 is 28.3 Å². The Morgan fingerprint density at radius 1 is 1.20 bits per heavy atom. The summed E-state index contributed by atoms with van der Waals surface area (Å²) in [5.74, 6) is -2.54. The largest absolute Gasteiger partial charge is 0.502 e. The van der Waals surface area contributed by atoms with Crippen molar-refractivity contribution in [2.24, 2.45) is 0 Å². The third-order valence-corrected chi connectivity index (χ3v) is 1.94. The highest BCUT2D eigenvalue weighted by Gasteiger charge is 2.33. The molecule has 0 fully saturated rings. The SMILES string of the molecule is O=C1OC(=O)c2cc([N+](=O)[O-])c(O)cc21. The molecule has 2 rings (SSSR count). The number of fused-ring (bicyclic) bond motifs is 1. The maximum atomic E-state index is 11.0. The molecule has 15 heavy (non-hydrogen) atoms. The minimum Gasteiger partial charge on any atom is -0.502 e. The molecule has 0 saturated carbocycles. The van der Waals surface area contributed by atoms with Crippen LogP contribution < -0.4 is 0 Å². The highest BCUT2D eigenvalue weighted by molar-refractivity contribution is 6.15. The maximum absolute atomic E-state index is 11.0. The summed E-state index contributed by atoms with van der Waals surface area (Å²) in [6, 6.07) is 1.67. The minimum absolute atomic E-state index is 0.164. The molecule has 0 atom stereocenters. The van der Waals surface area contributed by atoms with E-state index in [-0.39, 0.29) is 11.1 Å². The van der Waals surface area contributed by atoms with Crippen molar-refractivity contribution >= 4 is 17.6 Å². The highest BCUT2D eigenvalue weighted by atomic mass is 16.6. The number of nitrogens with zero attached hydrogens (tertiary/aromatic N) is 1. The summed E-state index contributed by atoms with van der Waals surface area (Å²) in [5, 5.41) is 19.6. The lowest BCUT2D eigenvalue weighted by Gasteiger charge is -1.96. The third kappa shape index (κ3) is 1.21. The van der Waals surface area contributed by atoms with Crippen molar-refractivity contribution in [3.05, 3.63) is 33.4 Å². The van der Waals surface area contributed by atoms with E-state index in [0.29, 0.717) is 0 Å². The first-order valence-electron chi connectivity index (χ1n) is 3.78. The van der Waals surface area contributed by atoms with Crippen LogP contribution in [0.2, 0.25) is 0 Å². The first-order valence-corrected chi connectivity index (χ1v) is 3.78. The van der Waals surface area contributed by atoms with Crippen LogP contribution in [0.15, 0.2) is 12.1 Å². The van der Waals surface area contributed by atoms with Gasteiger partial charge in [0.05, 0.1) is 16.1 Å². The summed E-state index contributed by atoms with van der Waals surface area (Å²) in [6.07, 6.45) is 0. The molecule has 1 aromatic rings. The van der Waals surface area contributed by atoms with Crippen LogP contribution in [-0.4, -0.2) is 22.0 Å². The van der Waals surface area contributed by atoms with E-state index in [0.717, 1.165) is 12.1 Å². The zero-order valence-corrected chi connectivity index (χ0v) is 7.09. The van der Waals surface area contributed by atoms with Crippen molar-refractivity contribution in [3.8, 4) is 5.75 Å². The first kappa shape index (κ1) is 9.13. The lowest BCUT2D eigenvalue weighted by atomic mass is 10.1. The van der Waals surface area contributed by atoms with Gasteiger partial charge in [-0.05, 0) is 0 Å². The van der Waals surface area contributed by atoms with Gasteiger partial charge in [0.25, 0.3) is 0 Å². The second-order valence-electron chi connectivity index (χ2n) is 2.82. The van der Waals surface area contributed by atoms with E-state index in [1.165, 1.54) is 0 Å². The van der Waals surface area contributed by atoms with Gasteiger partial charge in [-0.3, -0.25) is 10.1 Å². The third-order valence-electron chi connectivity index (χ3n) is 1.94. The van der Waals surface area contributed by atoms with Gasteiger partial charge in [-0.2, -0.15) is 0 Å². The standard InChI is InChI=1S/C8H3NO6/c10-6-2-4-3(1-5(6)9(13)14)7(11)15-8(4)12/h1-2,10H. The average Bonchev–Trinajstić information content (AvgIpc) is 2.41. The molecule has 0 aromatic heterocycles. The van der Waals surface area contributed by atoms with Gasteiger partial charge in [-0.1, -0.05) is 0 Å². The molecule has 1 heterocycles. The van der Waals surface area contributed by atoms with E-state index >= 15 is 0 Å². The van der Waals surface area contributed by atoms with E-state index in [4.69, 9.17) is 0 Å². The van der Waals surface area contributed by atoms with Crippen LogP contribution >= 0.6 is 0 Å². The van der Waals surface area contributed by atoms with Gasteiger partial charge in [0.1, 0.15) is 0 Å². The van der Waals surface area contributed by atoms with Gasteiger partial charge in [0, 0.05) is 12.1 Å². The predicted octanol–water partition coefficient (Wildman–Crippen LogP) is 0.611. The van der Waals surface area contributed by atoms with E-state index in [1.54, 1.807) is 0 Å². The normalized spacial score (nSPS) is 13.6. The zero-order valence-electron chi connectivity index (χ0n) is 7.09. The molecule has 1 aromatic carbocycles. The van der Waals surface area contributed by atoms with Gasteiger partial charge >= 0.3 is 17.6 Å². The van der Waals surface area contributed by atoms with Crippen molar-refractivity contribution in [2.75, 3.05) is 0 Å². The van der Waals surface area contributed by atoms with Crippen LogP contribution in [0.25, 0.3) is 0 Å². The van der Waals surface area contributed by atoms with E-state index in [9.17, 15) is 24.8 Å². The number of hydrogen-bond acceptors (Lipinski definition) is 6. The Labute approximate surface area is 82.0 Å². The number of carbonyl (C=O) groups is 2. The number of aromatic hydroxyl groups is 1. The summed E-state index contributed by atoms with van der Waals surface area (Å²) >= 11 is 0. The number of hydrogen-bond donors (Lipinski definition) is 1. The molecular weight excluding hydrogens is 206 g/mol. The maximum Gasteiger partial charge on any atom is 0.347 e. The van der Waals surface area contributed by atoms with Crippen LogP contribution in [0.5, 0.6) is 5.75 Å². The van der Waals surface area contributed by atoms with E-state index in [2.05, 4.69) is 4.74 Å². The molecule has 7 heteroatoms. The number of phenolic OH excluding ortho intramolecular Hbond substituents is 1. The first-order chi connectivity index (χ1) is 7.00. The van der Waals surface area contributed by atoms with Gasteiger partial charge in [0.2, 0.25) is 0 Å². The summed E-state index contributed by atoms with van der Waals surface area (Å²) < 4.78 is 4.21. The average molecular weight is 209 g/mol. The number of nitro benzene ring substituents is 1. The van der Waals surface area contributed by atoms with Gasteiger partial charge in [-0.25, -0.2) is 9.59 Å². The Balaban J connectivity index is 2.70. The number of ether oxygens (including phenoxy) is 1. The zero-order chi connectivity index (χ0) is 11.2. The molecular formula is C8H3NO6. The van der Waals surface area contributed by atoms with Crippen LogP contribution in [0.1, 0.15) is 20.7 Å². The number of rotatable bonds is 1. The summed E-state index contributed by atoms with van der Waals surface area (Å²) in [4.78, 5) is 31.6. The Hall–Kier alpha value is -2.44. The molecule has 7 nitrogen and oxygen atoms in total. The number of esters is 2. The van der Waals surface area contributed by atoms with Crippen molar-refractivity contribution in [2.45, 2.75) is 0 Å². The topological polar surface area (TPSA) is 107 Å². The second-order valence-corrected chi connectivity index (χ2v) is 2.82. The fourth-order valence-electron chi connectivity index (χ4n) is 1.25. The van der Waals surface area contributed by atoms with Crippen molar-refractivity contribution in [3.63, 3.8) is 0 Å². The number of benzene rings is 1. The molecule has 0 spiro atoms. The fraction of sp³-hybridized carbons (Fsp3) is 0. The molecule has 0 bridgehead atoms. The monoisotopic (exact) mass is 209 g/mol. The van der Waals surface area contributed by atoms with Crippen LogP contribution in [0.4, 0.5) is 5.69 Å². The number of phenols is 1. The van der Waals surface area contributed by atoms with Crippen LogP contribution in [-0.2, 0) is 4.74 Å². The predicted molar refractivity (Wildman–Crippen MR) is 44.5 cm³/mol. The van der Waals surface area contributed by atoms with E-state index in [1.807, 2.05) is 0 Å². The van der Waals surface area contributed by atoms with Crippen molar-refractivity contribution in [1.29, 1.82) is 0 Å². The molecule has 0 aliphatic carbocycles. The molecule has 1 aliphatic heterocycles. The Morgan fingerprint density at radius 2 is 1.73 bits per heavy atom. The molecule has 0 amide bonds. The smallest absolute Gasteiger partial charge is 0.347 e. The summed E-state index contributed by atoms with van der Waals surface area (Å²) in [6.45, 7) is 0. The molecule has 1 aliphatic rings. The summed E-state index contributed by atoms with van der Waals surface area (Å²) in [5.41, 5.74) is -1.01. The van der Waals surface area contributed by atoms with Gasteiger partial charge in [-0.15, -0.1) is 0 Å². The molecule has 0 saturated heterocycles. The number of carbonyl (C=O) groups excluding carboxylic acids is 2. The fourth-order valence-corrected chi connectivity index (χ4v) is 1.25. The Morgan fingerprint density at radius 3 is 2.27 bits per heavy atom. The van der Waals surface area contributed by atoms with Crippen molar-refractivity contribution in [1.82, 2.24) is 0 Å². The lowest BCUT2D eigenvalue weighted by Crippen LogP contribution is -1.97. The van der Waals surface area contributed by atoms with Crippen LogP contribution in [0.3, 0.4) is 0 Å². The summed E-state index contributed by atoms with van der Waals surface area (Å²) in [7, 11) is 0. The quantitative estimate of drug-likeness (QED) is 0.314. The van der Waals surface area contributed by atoms with Crippen molar-refractivity contribution < 1.29 is 24.4 Å². The molecule has 0 unspecified atom stereocenters. The van der Waals surface area contributed by atoms with Gasteiger partial charge < -0.3 is 9.84 Å². The Kier molecular flexibility index (Phi) is 1.69. The second kappa shape index (κ2) is 2.77. The Bertz CT molecular complexity index is 506. The molecule has 0 radical (unpaired) electrons. The number of cyclic esters (lactones) is 2.